The van der Waals surface area contributed by atoms with Crippen molar-refractivity contribution in [3.05, 3.63) is 83.7 Å². The van der Waals surface area contributed by atoms with E-state index in [1.54, 1.807) is 24.4 Å². The van der Waals surface area contributed by atoms with E-state index in [1.165, 1.54) is 12.1 Å². The molecule has 1 aromatic carbocycles. The van der Waals surface area contributed by atoms with E-state index in [2.05, 4.69) is 38.9 Å². The van der Waals surface area contributed by atoms with E-state index in [9.17, 15) is 4.39 Å². The van der Waals surface area contributed by atoms with Crippen molar-refractivity contribution in [2.24, 2.45) is 0 Å². The van der Waals surface area contributed by atoms with Crippen LogP contribution in [0.1, 0.15) is 67.7 Å². The van der Waals surface area contributed by atoms with Gasteiger partial charge in [-0.05, 0) is 54.8 Å². The molecule has 0 aliphatic carbocycles. The summed E-state index contributed by atoms with van der Waals surface area (Å²) < 4.78 is 25.0. The molecule has 0 spiro atoms. The Kier molecular flexibility index (Phi) is 8.09. The van der Waals surface area contributed by atoms with Gasteiger partial charge in [-0.2, -0.15) is 4.98 Å². The zero-order chi connectivity index (χ0) is 29.1. The molecule has 2 saturated heterocycles. The Labute approximate surface area is 244 Å². The summed E-state index contributed by atoms with van der Waals surface area (Å²) in [4.78, 5) is 21.5. The number of ether oxygens (including phenoxy) is 1. The highest BCUT2D eigenvalue weighted by atomic mass is 19.1. The average molecular weight is 571 g/mol. The van der Waals surface area contributed by atoms with Crippen LogP contribution in [0.25, 0.3) is 17.5 Å². The third-order valence-electron chi connectivity index (χ3n) is 7.82. The van der Waals surface area contributed by atoms with Crippen molar-refractivity contribution >= 4 is 17.7 Å². The number of rotatable bonds is 7. The van der Waals surface area contributed by atoms with Crippen molar-refractivity contribution in [1.82, 2.24) is 30.0 Å². The SMILES string of the molecule is CC(C)c1noc(C2CCN(c3cccc(-c4cnc(/C=C\C(=N)N5CCOCC5c5cccc(F)c5)[nH]4)n3)CC2)n1. The van der Waals surface area contributed by atoms with Gasteiger partial charge >= 0.3 is 0 Å². The van der Waals surface area contributed by atoms with Gasteiger partial charge in [-0.25, -0.2) is 14.4 Å². The number of nitrogens with one attached hydrogen (secondary N) is 2. The van der Waals surface area contributed by atoms with Crippen molar-refractivity contribution in [1.29, 1.82) is 5.41 Å². The summed E-state index contributed by atoms with van der Waals surface area (Å²) in [5, 5.41) is 12.8. The van der Waals surface area contributed by atoms with Crippen LogP contribution in [0.5, 0.6) is 0 Å². The molecule has 42 heavy (non-hydrogen) atoms. The lowest BCUT2D eigenvalue weighted by Crippen LogP contribution is -2.42. The lowest BCUT2D eigenvalue weighted by Gasteiger charge is -2.36. The lowest BCUT2D eigenvalue weighted by atomic mass is 9.96. The lowest BCUT2D eigenvalue weighted by molar-refractivity contribution is 0.0258. The van der Waals surface area contributed by atoms with E-state index in [4.69, 9.17) is 19.7 Å². The van der Waals surface area contributed by atoms with Gasteiger partial charge in [0.25, 0.3) is 0 Å². The Morgan fingerprint density at radius 3 is 2.74 bits per heavy atom. The van der Waals surface area contributed by atoms with E-state index >= 15 is 0 Å². The smallest absolute Gasteiger partial charge is 0.229 e. The third kappa shape index (κ3) is 6.11. The van der Waals surface area contributed by atoms with Crippen LogP contribution in [-0.4, -0.2) is 68.7 Å². The van der Waals surface area contributed by atoms with Crippen molar-refractivity contribution in [3.63, 3.8) is 0 Å². The zero-order valence-electron chi connectivity index (χ0n) is 23.8. The molecule has 0 amide bonds. The molecule has 1 unspecified atom stereocenters. The molecule has 0 saturated carbocycles. The Morgan fingerprint density at radius 1 is 1.12 bits per heavy atom. The van der Waals surface area contributed by atoms with E-state index in [0.29, 0.717) is 31.4 Å². The number of benzene rings is 1. The first-order chi connectivity index (χ1) is 20.4. The number of morpholine rings is 1. The van der Waals surface area contributed by atoms with Crippen LogP contribution in [0.2, 0.25) is 0 Å². The molecular formula is C31H35FN8O2. The summed E-state index contributed by atoms with van der Waals surface area (Å²) in [5.41, 5.74) is 2.39. The van der Waals surface area contributed by atoms with Crippen LogP contribution in [0.4, 0.5) is 10.2 Å². The predicted molar refractivity (Wildman–Crippen MR) is 158 cm³/mol. The number of aromatic amines is 1. The van der Waals surface area contributed by atoms with E-state index in [-0.39, 0.29) is 23.7 Å². The van der Waals surface area contributed by atoms with Crippen LogP contribution in [0, 0.1) is 11.2 Å². The number of piperidine rings is 1. The standard InChI is InChI=1S/C31H35FN8O2/c1-20(2)30-37-31(42-38-30)21-11-13-39(14-12-21)29-8-4-7-24(36-29)25-18-34-28(35-25)10-9-27(33)40-15-16-41-19-26(40)22-5-3-6-23(32)17-22/h3-10,17-18,20-21,26,33H,11-16,19H2,1-2H3,(H,34,35)/b10-9-,33-27?. The Bertz CT molecular complexity index is 1560. The van der Waals surface area contributed by atoms with Crippen LogP contribution in [0.15, 0.2) is 59.3 Å². The molecule has 2 aliphatic heterocycles. The molecule has 2 N–H and O–H groups in total. The molecule has 4 aromatic rings. The van der Waals surface area contributed by atoms with Crippen LogP contribution in [-0.2, 0) is 4.74 Å². The molecular weight excluding hydrogens is 535 g/mol. The zero-order valence-corrected chi connectivity index (χ0v) is 23.8. The topological polar surface area (TPSA) is 120 Å². The quantitative estimate of drug-likeness (QED) is 0.219. The van der Waals surface area contributed by atoms with Crippen molar-refractivity contribution in [2.45, 2.75) is 44.6 Å². The number of hydrogen-bond donors (Lipinski definition) is 2. The summed E-state index contributed by atoms with van der Waals surface area (Å²) in [7, 11) is 0. The maximum absolute atomic E-state index is 13.8. The predicted octanol–water partition coefficient (Wildman–Crippen LogP) is 5.57. The summed E-state index contributed by atoms with van der Waals surface area (Å²) >= 11 is 0. The molecule has 2 fully saturated rings. The molecule has 2 aliphatic rings. The molecule has 0 radical (unpaired) electrons. The number of imidazole rings is 1. The van der Waals surface area contributed by atoms with Gasteiger partial charge in [0.1, 0.15) is 23.3 Å². The van der Waals surface area contributed by atoms with Gasteiger partial charge in [0, 0.05) is 31.5 Å². The highest BCUT2D eigenvalue weighted by Gasteiger charge is 2.27. The molecule has 218 valence electrons. The number of anilines is 1. The van der Waals surface area contributed by atoms with Crippen LogP contribution >= 0.6 is 0 Å². The largest absolute Gasteiger partial charge is 0.377 e. The maximum atomic E-state index is 13.8. The van der Waals surface area contributed by atoms with Crippen LogP contribution < -0.4 is 4.90 Å². The van der Waals surface area contributed by atoms with Crippen molar-refractivity contribution < 1.29 is 13.7 Å². The van der Waals surface area contributed by atoms with Gasteiger partial charge in [0.05, 0.1) is 36.8 Å². The van der Waals surface area contributed by atoms with Gasteiger partial charge in [-0.15, -0.1) is 0 Å². The van der Waals surface area contributed by atoms with Gasteiger partial charge < -0.3 is 24.0 Å². The molecule has 3 aromatic heterocycles. The molecule has 0 bridgehead atoms. The number of pyridine rings is 1. The Morgan fingerprint density at radius 2 is 1.95 bits per heavy atom. The molecule has 6 rings (SSSR count). The summed E-state index contributed by atoms with van der Waals surface area (Å²) in [6.45, 7) is 7.32. The first-order valence-corrected chi connectivity index (χ1v) is 14.4. The maximum Gasteiger partial charge on any atom is 0.229 e. The summed E-state index contributed by atoms with van der Waals surface area (Å²) in [5.74, 6) is 3.59. The van der Waals surface area contributed by atoms with E-state index in [0.717, 1.165) is 60.4 Å². The summed E-state index contributed by atoms with van der Waals surface area (Å²) in [6.07, 6.45) is 7.11. The highest BCUT2D eigenvalue weighted by molar-refractivity contribution is 5.94. The number of aromatic nitrogens is 5. The minimum absolute atomic E-state index is 0.222. The fraction of sp³-hybridized carbons (Fsp3) is 0.387. The van der Waals surface area contributed by atoms with Crippen molar-refractivity contribution in [2.75, 3.05) is 37.7 Å². The number of hydrogen-bond acceptors (Lipinski definition) is 8. The van der Waals surface area contributed by atoms with Crippen molar-refractivity contribution in [3.8, 4) is 11.4 Å². The number of H-pyrrole nitrogens is 1. The first kappa shape index (κ1) is 27.8. The number of nitrogens with zero attached hydrogens (tertiary/aromatic N) is 6. The molecule has 10 nitrogen and oxygen atoms in total. The fourth-order valence-electron chi connectivity index (χ4n) is 5.44. The number of amidine groups is 1. The second-order valence-electron chi connectivity index (χ2n) is 11.0. The van der Waals surface area contributed by atoms with Gasteiger partial charge in [0.15, 0.2) is 5.82 Å². The Hall–Kier alpha value is -4.38. The van der Waals surface area contributed by atoms with Gasteiger partial charge in [-0.1, -0.05) is 37.2 Å². The minimum atomic E-state index is -0.297. The second kappa shape index (κ2) is 12.2. The Balaban J connectivity index is 1.09. The molecule has 11 heteroatoms. The minimum Gasteiger partial charge on any atom is -0.377 e. The van der Waals surface area contributed by atoms with E-state index in [1.807, 2.05) is 29.2 Å². The highest BCUT2D eigenvalue weighted by Crippen LogP contribution is 2.31. The van der Waals surface area contributed by atoms with E-state index < -0.39 is 0 Å². The first-order valence-electron chi connectivity index (χ1n) is 14.4. The van der Waals surface area contributed by atoms with Gasteiger partial charge in [0.2, 0.25) is 5.89 Å². The second-order valence-corrected chi connectivity index (χ2v) is 11.0. The third-order valence-corrected chi connectivity index (χ3v) is 7.82. The average Bonchev–Trinajstić information content (AvgIpc) is 3.71. The fourth-order valence-corrected chi connectivity index (χ4v) is 5.44. The monoisotopic (exact) mass is 570 g/mol. The normalized spacial score (nSPS) is 18.3. The molecule has 1 atom stereocenters. The van der Waals surface area contributed by atoms with Gasteiger partial charge in [-0.3, -0.25) is 5.41 Å². The summed E-state index contributed by atoms with van der Waals surface area (Å²) in [6, 6.07) is 12.3. The number of halogens is 1. The van der Waals surface area contributed by atoms with Crippen LogP contribution in [0.3, 0.4) is 0 Å². The molecule has 5 heterocycles.